The van der Waals surface area contributed by atoms with E-state index in [0.717, 1.165) is 12.8 Å². The summed E-state index contributed by atoms with van der Waals surface area (Å²) in [6.45, 7) is 4.04. The average molecular weight is 243 g/mol. The normalized spacial score (nSPS) is 34.2. The molecule has 2 nitrogen and oxygen atoms in total. The van der Waals surface area contributed by atoms with Gasteiger partial charge >= 0.3 is 0 Å². The number of ketones is 1. The minimum Gasteiger partial charge on any atom is -0.299 e. The Morgan fingerprint density at radius 2 is 2.00 bits per heavy atom. The number of pyridine rings is 1. The third-order valence-corrected chi connectivity index (χ3v) is 4.80. The molecule has 96 valence electrons. The van der Waals surface area contributed by atoms with Crippen molar-refractivity contribution in [2.75, 3.05) is 0 Å². The summed E-state index contributed by atoms with van der Waals surface area (Å²) >= 11 is 0. The van der Waals surface area contributed by atoms with Crippen molar-refractivity contribution in [3.63, 3.8) is 0 Å². The van der Waals surface area contributed by atoms with Gasteiger partial charge in [-0.25, -0.2) is 0 Å². The van der Waals surface area contributed by atoms with Gasteiger partial charge in [0.05, 0.1) is 0 Å². The highest BCUT2D eigenvalue weighted by Crippen LogP contribution is 2.64. The van der Waals surface area contributed by atoms with Crippen molar-refractivity contribution in [3.05, 3.63) is 30.1 Å². The number of carbonyl (C=O) groups excluding carboxylic acids is 1. The van der Waals surface area contributed by atoms with Crippen molar-refractivity contribution in [1.29, 1.82) is 0 Å². The first-order valence-electron chi connectivity index (χ1n) is 7.04. The van der Waals surface area contributed by atoms with E-state index in [2.05, 4.69) is 17.1 Å². The molecule has 3 rings (SSSR count). The van der Waals surface area contributed by atoms with E-state index in [9.17, 15) is 4.79 Å². The minimum absolute atomic E-state index is 0.207. The van der Waals surface area contributed by atoms with Gasteiger partial charge in [-0.05, 0) is 43.2 Å². The molecule has 1 aromatic rings. The average Bonchev–Trinajstić information content (AvgIpc) is 2.26. The molecule has 0 aromatic carbocycles. The zero-order valence-electron chi connectivity index (χ0n) is 11.2. The van der Waals surface area contributed by atoms with Crippen LogP contribution in [0, 0.1) is 17.3 Å². The summed E-state index contributed by atoms with van der Waals surface area (Å²) in [5.74, 6) is 1.68. The van der Waals surface area contributed by atoms with Crippen LogP contribution in [0.1, 0.15) is 51.1 Å². The van der Waals surface area contributed by atoms with Crippen molar-refractivity contribution in [3.8, 4) is 0 Å². The molecule has 2 aliphatic carbocycles. The van der Waals surface area contributed by atoms with Crippen LogP contribution in [0.15, 0.2) is 24.4 Å². The fourth-order valence-corrected chi connectivity index (χ4v) is 3.80. The lowest BCUT2D eigenvalue weighted by Gasteiger charge is -2.57. The Balaban J connectivity index is 1.54. The van der Waals surface area contributed by atoms with Crippen molar-refractivity contribution < 1.29 is 4.79 Å². The van der Waals surface area contributed by atoms with Gasteiger partial charge in [0.15, 0.2) is 0 Å². The smallest absolute Gasteiger partial charge is 0.138 e. The molecule has 1 heterocycles. The lowest BCUT2D eigenvalue weighted by molar-refractivity contribution is -0.139. The van der Waals surface area contributed by atoms with Crippen LogP contribution >= 0.6 is 0 Å². The second-order valence-electron chi connectivity index (χ2n) is 6.52. The largest absolute Gasteiger partial charge is 0.299 e. The van der Waals surface area contributed by atoms with Crippen molar-refractivity contribution in [1.82, 2.24) is 4.98 Å². The molecule has 0 N–H and O–H groups in total. The fourth-order valence-electron chi connectivity index (χ4n) is 3.80. The van der Waals surface area contributed by atoms with E-state index in [4.69, 9.17) is 0 Å². The van der Waals surface area contributed by atoms with Gasteiger partial charge < -0.3 is 0 Å². The van der Waals surface area contributed by atoms with Crippen LogP contribution in [0.2, 0.25) is 0 Å². The van der Waals surface area contributed by atoms with Crippen molar-refractivity contribution in [2.45, 2.75) is 45.4 Å². The summed E-state index contributed by atoms with van der Waals surface area (Å²) in [5, 5.41) is 0. The summed E-state index contributed by atoms with van der Waals surface area (Å²) in [4.78, 5) is 16.3. The molecule has 2 aliphatic rings. The molecule has 18 heavy (non-hydrogen) atoms. The third kappa shape index (κ3) is 1.88. The van der Waals surface area contributed by atoms with E-state index in [1.54, 1.807) is 0 Å². The molecule has 2 fully saturated rings. The number of aromatic nitrogens is 1. The number of carbonyl (C=O) groups is 1. The lowest BCUT2D eigenvalue weighted by atomic mass is 9.46. The van der Waals surface area contributed by atoms with Gasteiger partial charge in [0.25, 0.3) is 0 Å². The molecule has 1 spiro atoms. The molecule has 2 heteroatoms. The fraction of sp³-hybridized carbons (Fsp3) is 0.625. The summed E-state index contributed by atoms with van der Waals surface area (Å²) in [6, 6.07) is 6.17. The molecular weight excluding hydrogens is 222 g/mol. The first-order chi connectivity index (χ1) is 8.60. The second kappa shape index (κ2) is 4.18. The first kappa shape index (κ1) is 11.9. The van der Waals surface area contributed by atoms with Crippen LogP contribution in [0.25, 0.3) is 0 Å². The summed E-state index contributed by atoms with van der Waals surface area (Å²) < 4.78 is 0. The van der Waals surface area contributed by atoms with E-state index < -0.39 is 0 Å². The maximum absolute atomic E-state index is 11.9. The first-order valence-corrected chi connectivity index (χ1v) is 7.04. The maximum atomic E-state index is 11.9. The Morgan fingerprint density at radius 3 is 2.56 bits per heavy atom. The SMILES string of the molecule is CC(C)C(=O)C1CC2(C1)CC(c1ccccn1)C2. The molecular formula is C16H21NO. The number of hydrogen-bond acceptors (Lipinski definition) is 2. The van der Waals surface area contributed by atoms with Crippen LogP contribution < -0.4 is 0 Å². The molecule has 0 unspecified atom stereocenters. The predicted octanol–water partition coefficient (Wildman–Crippen LogP) is 3.58. The predicted molar refractivity (Wildman–Crippen MR) is 71.2 cm³/mol. The van der Waals surface area contributed by atoms with Crippen LogP contribution in [-0.4, -0.2) is 10.8 Å². The molecule has 2 saturated carbocycles. The number of rotatable bonds is 3. The monoisotopic (exact) mass is 243 g/mol. The van der Waals surface area contributed by atoms with Gasteiger partial charge in [-0.2, -0.15) is 0 Å². The van der Waals surface area contributed by atoms with Crippen LogP contribution in [0.5, 0.6) is 0 Å². The zero-order valence-corrected chi connectivity index (χ0v) is 11.2. The highest BCUT2D eigenvalue weighted by Gasteiger charge is 2.55. The van der Waals surface area contributed by atoms with Gasteiger partial charge in [0.1, 0.15) is 5.78 Å². The Labute approximate surface area is 109 Å². The lowest BCUT2D eigenvalue weighted by Crippen LogP contribution is -2.49. The molecule has 0 amide bonds. The summed E-state index contributed by atoms with van der Waals surface area (Å²) in [7, 11) is 0. The van der Waals surface area contributed by atoms with E-state index in [-0.39, 0.29) is 5.92 Å². The topological polar surface area (TPSA) is 30.0 Å². The Morgan fingerprint density at radius 1 is 1.28 bits per heavy atom. The van der Waals surface area contributed by atoms with Gasteiger partial charge in [-0.1, -0.05) is 19.9 Å². The zero-order chi connectivity index (χ0) is 12.8. The summed E-state index contributed by atoms with van der Waals surface area (Å²) in [5.41, 5.74) is 1.74. The Bertz CT molecular complexity index is 437. The van der Waals surface area contributed by atoms with E-state index >= 15 is 0 Å². The van der Waals surface area contributed by atoms with Gasteiger partial charge in [-0.15, -0.1) is 0 Å². The molecule has 0 saturated heterocycles. The van der Waals surface area contributed by atoms with E-state index in [1.807, 2.05) is 26.1 Å². The Kier molecular flexibility index (Phi) is 2.76. The van der Waals surface area contributed by atoms with Crippen molar-refractivity contribution in [2.24, 2.45) is 17.3 Å². The molecule has 0 aliphatic heterocycles. The van der Waals surface area contributed by atoms with E-state index in [0.29, 0.717) is 23.0 Å². The van der Waals surface area contributed by atoms with Crippen LogP contribution in [-0.2, 0) is 4.79 Å². The van der Waals surface area contributed by atoms with E-state index in [1.165, 1.54) is 18.5 Å². The summed E-state index contributed by atoms with van der Waals surface area (Å²) in [6.07, 6.45) is 6.63. The van der Waals surface area contributed by atoms with Gasteiger partial charge in [-0.3, -0.25) is 9.78 Å². The number of Topliss-reactive ketones (excluding diaryl/α,β-unsaturated/α-hetero) is 1. The minimum atomic E-state index is 0.207. The van der Waals surface area contributed by atoms with Gasteiger partial charge in [0.2, 0.25) is 0 Å². The second-order valence-corrected chi connectivity index (χ2v) is 6.52. The molecule has 0 radical (unpaired) electrons. The quantitative estimate of drug-likeness (QED) is 0.812. The number of hydrogen-bond donors (Lipinski definition) is 0. The highest BCUT2D eigenvalue weighted by molar-refractivity contribution is 5.83. The number of nitrogens with zero attached hydrogens (tertiary/aromatic N) is 1. The molecule has 1 aromatic heterocycles. The van der Waals surface area contributed by atoms with Gasteiger partial charge in [0, 0.05) is 29.6 Å². The highest BCUT2D eigenvalue weighted by atomic mass is 16.1. The third-order valence-electron chi connectivity index (χ3n) is 4.80. The molecule has 0 atom stereocenters. The maximum Gasteiger partial charge on any atom is 0.138 e. The van der Waals surface area contributed by atoms with Crippen molar-refractivity contribution >= 4 is 5.78 Å². The Hall–Kier alpha value is -1.18. The van der Waals surface area contributed by atoms with Crippen LogP contribution in [0.4, 0.5) is 0 Å². The standard InChI is InChI=1S/C16H21NO/c1-11(2)15(18)13-9-16(10-13)7-12(8-16)14-5-3-4-6-17-14/h3-6,11-13H,7-10H2,1-2H3. The molecule has 0 bridgehead atoms. The van der Waals surface area contributed by atoms with Crippen LogP contribution in [0.3, 0.4) is 0 Å².